The van der Waals surface area contributed by atoms with E-state index in [4.69, 9.17) is 9.47 Å². The van der Waals surface area contributed by atoms with Gasteiger partial charge < -0.3 is 19.9 Å². The molecule has 0 aliphatic carbocycles. The van der Waals surface area contributed by atoms with Crippen molar-refractivity contribution in [3.05, 3.63) is 0 Å². The number of hydrogen-bond acceptors (Lipinski definition) is 6. The van der Waals surface area contributed by atoms with E-state index in [0.717, 1.165) is 0 Å². The maximum atomic E-state index is 11.5. The van der Waals surface area contributed by atoms with E-state index in [1.165, 1.54) is 14.2 Å². The quantitative estimate of drug-likeness (QED) is 0.439. The van der Waals surface area contributed by atoms with Crippen LogP contribution in [0.4, 0.5) is 4.79 Å². The Bertz CT molecular complexity index is 275. The van der Waals surface area contributed by atoms with Crippen molar-refractivity contribution in [3.8, 4) is 0 Å². The molecule has 0 radical (unpaired) electrons. The summed E-state index contributed by atoms with van der Waals surface area (Å²) in [4.78, 5) is 24.3. The predicted molar refractivity (Wildman–Crippen MR) is 68.8 cm³/mol. The second-order valence-corrected chi connectivity index (χ2v) is 4.10. The molecule has 0 fully saturated rings. The molecule has 19 heavy (non-hydrogen) atoms. The number of aliphatic hydroxyl groups excluding tert-OH is 1. The van der Waals surface area contributed by atoms with Gasteiger partial charge in [-0.2, -0.15) is 0 Å². The van der Waals surface area contributed by atoms with Gasteiger partial charge in [-0.15, -0.1) is 0 Å². The number of amides is 3. The van der Waals surface area contributed by atoms with Gasteiger partial charge in [0.05, 0.1) is 25.9 Å². The first kappa shape index (κ1) is 17.8. The Morgan fingerprint density at radius 1 is 1.32 bits per heavy atom. The van der Waals surface area contributed by atoms with Crippen molar-refractivity contribution in [2.24, 2.45) is 0 Å². The molecule has 3 amide bonds. The first-order valence-corrected chi connectivity index (χ1v) is 5.91. The number of nitrogens with zero attached hydrogens (tertiary/aromatic N) is 1. The fraction of sp³-hybridized carbons (Fsp3) is 0.818. The number of nitrogens with one attached hydrogen (secondary N) is 2. The Labute approximate surface area is 113 Å². The number of methoxy groups -OCH3 is 2. The average Bonchev–Trinajstić information content (AvgIpc) is 2.28. The Balaban J connectivity index is 3.80. The molecule has 0 aliphatic heterocycles. The average molecular weight is 277 g/mol. The van der Waals surface area contributed by atoms with Gasteiger partial charge >= 0.3 is 6.03 Å². The summed E-state index contributed by atoms with van der Waals surface area (Å²) >= 11 is 0. The summed E-state index contributed by atoms with van der Waals surface area (Å²) in [5.41, 5.74) is 0. The summed E-state index contributed by atoms with van der Waals surface area (Å²) in [6.45, 7) is 1.21. The fourth-order valence-corrected chi connectivity index (χ4v) is 1.39. The Kier molecular flexibility index (Phi) is 9.99. The maximum Gasteiger partial charge on any atom is 0.321 e. The molecule has 0 spiro atoms. The summed E-state index contributed by atoms with van der Waals surface area (Å²) in [6, 6.07) is -0.562. The molecular weight excluding hydrogens is 254 g/mol. The number of urea groups is 1. The number of rotatable bonds is 9. The van der Waals surface area contributed by atoms with E-state index in [1.807, 2.05) is 0 Å². The van der Waals surface area contributed by atoms with Crippen LogP contribution < -0.4 is 10.6 Å². The van der Waals surface area contributed by atoms with Crippen molar-refractivity contribution in [1.29, 1.82) is 0 Å². The van der Waals surface area contributed by atoms with Gasteiger partial charge in [-0.1, -0.05) is 0 Å². The lowest BCUT2D eigenvalue weighted by Gasteiger charge is -2.19. The third-order valence-electron chi connectivity index (χ3n) is 2.14. The second kappa shape index (κ2) is 10.7. The third kappa shape index (κ3) is 10.4. The minimum absolute atomic E-state index is 0.0124. The topological polar surface area (TPSA) is 100 Å². The first-order chi connectivity index (χ1) is 8.99. The van der Waals surface area contributed by atoms with Crippen LogP contribution in [-0.2, 0) is 14.3 Å². The molecule has 0 saturated heterocycles. The van der Waals surface area contributed by atoms with Gasteiger partial charge in [0.25, 0.3) is 0 Å². The molecule has 0 heterocycles. The number of ether oxygens (including phenoxy) is 2. The van der Waals surface area contributed by atoms with Gasteiger partial charge in [-0.3, -0.25) is 15.0 Å². The molecule has 3 N–H and O–H groups in total. The van der Waals surface area contributed by atoms with E-state index >= 15 is 0 Å². The lowest BCUT2D eigenvalue weighted by atomic mass is 10.3. The highest BCUT2D eigenvalue weighted by Crippen LogP contribution is 1.90. The Morgan fingerprint density at radius 3 is 2.58 bits per heavy atom. The molecular formula is C11H23N3O5. The van der Waals surface area contributed by atoms with E-state index in [2.05, 4.69) is 10.6 Å². The smallest absolute Gasteiger partial charge is 0.321 e. The van der Waals surface area contributed by atoms with E-state index in [1.54, 1.807) is 11.9 Å². The van der Waals surface area contributed by atoms with Crippen molar-refractivity contribution in [1.82, 2.24) is 15.5 Å². The molecule has 8 heteroatoms. The molecule has 112 valence electrons. The number of hydrogen-bond donors (Lipinski definition) is 3. The van der Waals surface area contributed by atoms with Crippen molar-refractivity contribution in [3.63, 3.8) is 0 Å². The highest BCUT2D eigenvalue weighted by Gasteiger charge is 2.13. The van der Waals surface area contributed by atoms with Crippen LogP contribution in [0.1, 0.15) is 0 Å². The van der Waals surface area contributed by atoms with E-state index in [-0.39, 0.29) is 19.7 Å². The summed E-state index contributed by atoms with van der Waals surface area (Å²) in [5, 5.41) is 14.1. The van der Waals surface area contributed by atoms with Crippen LogP contribution in [0.2, 0.25) is 0 Å². The maximum absolute atomic E-state index is 11.5. The van der Waals surface area contributed by atoms with Crippen LogP contribution in [0.5, 0.6) is 0 Å². The van der Waals surface area contributed by atoms with Gasteiger partial charge in [0.15, 0.2) is 0 Å². The molecule has 1 atom stereocenters. The van der Waals surface area contributed by atoms with Gasteiger partial charge in [-0.25, -0.2) is 4.79 Å². The molecule has 0 aromatic carbocycles. The second-order valence-electron chi connectivity index (χ2n) is 4.10. The van der Waals surface area contributed by atoms with Crippen LogP contribution >= 0.6 is 0 Å². The number of imide groups is 1. The van der Waals surface area contributed by atoms with Crippen molar-refractivity contribution >= 4 is 11.9 Å². The standard InChI is InChI=1S/C11H23N3O5/c1-14(6-9(15)8-19-3)7-10(16)13-11(17)12-4-5-18-2/h9,15H,4-8H2,1-3H3,(H2,12,13,16,17). The molecule has 0 aromatic rings. The number of likely N-dealkylation sites (N-methyl/N-ethyl adjacent to an activating group) is 1. The van der Waals surface area contributed by atoms with E-state index < -0.39 is 18.0 Å². The minimum atomic E-state index is -0.668. The van der Waals surface area contributed by atoms with E-state index in [9.17, 15) is 14.7 Å². The van der Waals surface area contributed by atoms with E-state index in [0.29, 0.717) is 13.2 Å². The fourth-order valence-electron chi connectivity index (χ4n) is 1.39. The molecule has 0 saturated carbocycles. The zero-order chi connectivity index (χ0) is 14.7. The summed E-state index contributed by atoms with van der Waals surface area (Å²) in [5.74, 6) is -0.443. The highest BCUT2D eigenvalue weighted by molar-refractivity contribution is 5.95. The number of carbonyl (C=O) groups excluding carboxylic acids is 2. The predicted octanol–water partition coefficient (Wildman–Crippen LogP) is -1.60. The third-order valence-corrected chi connectivity index (χ3v) is 2.14. The van der Waals surface area contributed by atoms with Gasteiger partial charge in [-0.05, 0) is 7.05 Å². The number of carbonyl (C=O) groups is 2. The van der Waals surface area contributed by atoms with Gasteiger partial charge in [0.1, 0.15) is 0 Å². The van der Waals surface area contributed by atoms with Crippen LogP contribution in [0.25, 0.3) is 0 Å². The van der Waals surface area contributed by atoms with Crippen molar-refractivity contribution in [2.75, 3.05) is 54.1 Å². The molecule has 0 rings (SSSR count). The van der Waals surface area contributed by atoms with Crippen LogP contribution in [0.3, 0.4) is 0 Å². The lowest BCUT2D eigenvalue weighted by molar-refractivity contribution is -0.121. The minimum Gasteiger partial charge on any atom is -0.389 e. The zero-order valence-electron chi connectivity index (χ0n) is 11.6. The normalized spacial score (nSPS) is 12.3. The van der Waals surface area contributed by atoms with Crippen LogP contribution in [0, 0.1) is 0 Å². The van der Waals surface area contributed by atoms with Gasteiger partial charge in [0.2, 0.25) is 5.91 Å². The molecule has 0 aromatic heterocycles. The Hall–Kier alpha value is -1.22. The van der Waals surface area contributed by atoms with Crippen LogP contribution in [0.15, 0.2) is 0 Å². The van der Waals surface area contributed by atoms with Crippen molar-refractivity contribution in [2.45, 2.75) is 6.10 Å². The molecule has 0 aliphatic rings. The highest BCUT2D eigenvalue weighted by atomic mass is 16.5. The lowest BCUT2D eigenvalue weighted by Crippen LogP contribution is -2.45. The van der Waals surface area contributed by atoms with Crippen LogP contribution in [-0.4, -0.2) is 82.2 Å². The number of aliphatic hydroxyl groups is 1. The summed E-state index contributed by atoms with van der Waals surface area (Å²) in [7, 11) is 4.67. The summed E-state index contributed by atoms with van der Waals surface area (Å²) < 4.78 is 9.53. The summed E-state index contributed by atoms with van der Waals surface area (Å²) in [6.07, 6.45) is -0.668. The molecule has 1 unspecified atom stereocenters. The van der Waals surface area contributed by atoms with Crippen molar-refractivity contribution < 1.29 is 24.2 Å². The monoisotopic (exact) mass is 277 g/mol. The largest absolute Gasteiger partial charge is 0.389 e. The SMILES string of the molecule is COCCNC(=O)NC(=O)CN(C)CC(O)COC. The Morgan fingerprint density at radius 2 is 2.00 bits per heavy atom. The van der Waals surface area contributed by atoms with Gasteiger partial charge in [0, 0.05) is 27.3 Å². The molecule has 0 bridgehead atoms. The first-order valence-electron chi connectivity index (χ1n) is 5.91. The molecule has 8 nitrogen and oxygen atoms in total. The zero-order valence-corrected chi connectivity index (χ0v) is 11.6.